The van der Waals surface area contributed by atoms with Gasteiger partial charge in [0.15, 0.2) is 0 Å². The first kappa shape index (κ1) is 17.0. The van der Waals surface area contributed by atoms with Crippen molar-refractivity contribution in [3.8, 4) is 0 Å². The Labute approximate surface area is 145 Å². The van der Waals surface area contributed by atoms with Gasteiger partial charge in [-0.15, -0.1) is 0 Å². The summed E-state index contributed by atoms with van der Waals surface area (Å²) in [4.78, 5) is 11.3. The third-order valence-corrected chi connectivity index (χ3v) is 5.68. The molecule has 1 aromatic heterocycles. The summed E-state index contributed by atoms with van der Waals surface area (Å²) < 4.78 is 27.2. The smallest absolute Gasteiger partial charge is 0.331 e. The molecule has 0 saturated carbocycles. The molecule has 128 valence electrons. The summed E-state index contributed by atoms with van der Waals surface area (Å²) in [7, 11) is -3.78. The van der Waals surface area contributed by atoms with Crippen molar-refractivity contribution in [1.82, 2.24) is 3.97 Å². The number of carbonyl (C=O) groups is 1. The van der Waals surface area contributed by atoms with E-state index in [1.807, 2.05) is 6.92 Å². The van der Waals surface area contributed by atoms with Gasteiger partial charge in [0.05, 0.1) is 10.4 Å². The number of fused-ring (bicyclic) bond motifs is 1. The molecule has 3 aromatic rings. The number of hydrogen-bond donors (Lipinski definition) is 1. The van der Waals surface area contributed by atoms with Crippen LogP contribution >= 0.6 is 0 Å². The quantitative estimate of drug-likeness (QED) is 0.725. The number of hydrogen-bond acceptors (Lipinski definition) is 3. The Bertz CT molecular complexity index is 1090. The van der Waals surface area contributed by atoms with E-state index in [1.165, 1.54) is 23.2 Å². The van der Waals surface area contributed by atoms with Crippen molar-refractivity contribution in [2.24, 2.45) is 0 Å². The molecule has 0 spiro atoms. The van der Waals surface area contributed by atoms with Crippen LogP contribution in [0.15, 0.2) is 65.2 Å². The second-order valence-electron chi connectivity index (χ2n) is 5.85. The maximum Gasteiger partial charge on any atom is 0.331 e. The van der Waals surface area contributed by atoms with Crippen LogP contribution in [0, 0.1) is 6.92 Å². The highest BCUT2D eigenvalue weighted by atomic mass is 32.2. The van der Waals surface area contributed by atoms with Crippen molar-refractivity contribution in [3.63, 3.8) is 0 Å². The molecule has 0 atom stereocenters. The molecule has 0 aliphatic carbocycles. The maximum absolute atomic E-state index is 13.0. The monoisotopic (exact) mass is 355 g/mol. The second kappa shape index (κ2) is 6.22. The van der Waals surface area contributed by atoms with E-state index in [-0.39, 0.29) is 10.5 Å². The lowest BCUT2D eigenvalue weighted by molar-refractivity contribution is -0.132. The predicted molar refractivity (Wildman–Crippen MR) is 97.0 cm³/mol. The molecule has 2 aromatic carbocycles. The van der Waals surface area contributed by atoms with Crippen LogP contribution in [0.25, 0.3) is 17.0 Å². The van der Waals surface area contributed by atoms with Crippen LogP contribution in [0.2, 0.25) is 0 Å². The molecule has 0 aliphatic heterocycles. The molecular weight excluding hydrogens is 338 g/mol. The summed E-state index contributed by atoms with van der Waals surface area (Å²) in [6, 6.07) is 13.6. The number of aliphatic carboxylic acids is 1. The molecule has 3 rings (SSSR count). The average molecular weight is 355 g/mol. The summed E-state index contributed by atoms with van der Waals surface area (Å²) >= 11 is 0. The highest BCUT2D eigenvalue weighted by molar-refractivity contribution is 7.90. The van der Waals surface area contributed by atoms with Gasteiger partial charge in [0, 0.05) is 22.7 Å². The number of benzene rings is 2. The lowest BCUT2D eigenvalue weighted by Gasteiger charge is -2.07. The molecule has 0 amide bonds. The van der Waals surface area contributed by atoms with Crippen LogP contribution in [-0.4, -0.2) is 23.5 Å². The van der Waals surface area contributed by atoms with Gasteiger partial charge in [-0.1, -0.05) is 35.9 Å². The Morgan fingerprint density at radius 1 is 1.08 bits per heavy atom. The largest absolute Gasteiger partial charge is 0.478 e. The van der Waals surface area contributed by atoms with E-state index in [0.29, 0.717) is 16.5 Å². The number of carboxylic acid groups (broad SMARTS) is 1. The molecule has 0 radical (unpaired) electrons. The lowest BCUT2D eigenvalue weighted by atomic mass is 10.1. The molecule has 0 saturated heterocycles. The number of para-hydroxylation sites is 1. The van der Waals surface area contributed by atoms with Gasteiger partial charge < -0.3 is 5.11 Å². The van der Waals surface area contributed by atoms with E-state index in [1.54, 1.807) is 48.5 Å². The van der Waals surface area contributed by atoms with Crippen molar-refractivity contribution >= 4 is 33.0 Å². The minimum atomic E-state index is -3.78. The fourth-order valence-electron chi connectivity index (χ4n) is 2.61. The van der Waals surface area contributed by atoms with Gasteiger partial charge in [-0.05, 0) is 38.1 Å². The van der Waals surface area contributed by atoms with Crippen molar-refractivity contribution in [3.05, 3.63) is 71.4 Å². The summed E-state index contributed by atoms with van der Waals surface area (Å²) in [6.07, 6.45) is 2.94. The third-order valence-electron chi connectivity index (χ3n) is 4.00. The van der Waals surface area contributed by atoms with Crippen LogP contribution in [0.3, 0.4) is 0 Å². The fraction of sp³-hybridized carbons (Fsp3) is 0.105. The molecule has 0 aliphatic rings. The number of aryl methyl sites for hydroxylation is 1. The van der Waals surface area contributed by atoms with Crippen molar-refractivity contribution in [2.45, 2.75) is 18.7 Å². The summed E-state index contributed by atoms with van der Waals surface area (Å²) in [5.74, 6) is -1.04. The number of nitrogens with zero attached hydrogens (tertiary/aromatic N) is 1. The molecule has 1 heterocycles. The molecule has 5 nitrogen and oxygen atoms in total. The zero-order chi connectivity index (χ0) is 18.2. The van der Waals surface area contributed by atoms with E-state index in [0.717, 1.165) is 5.56 Å². The number of aromatic nitrogens is 1. The number of rotatable bonds is 4. The van der Waals surface area contributed by atoms with Gasteiger partial charge in [0.25, 0.3) is 10.0 Å². The fourth-order valence-corrected chi connectivity index (χ4v) is 3.99. The normalized spacial score (nSPS) is 12.5. The topological polar surface area (TPSA) is 76.4 Å². The van der Waals surface area contributed by atoms with Crippen molar-refractivity contribution in [1.29, 1.82) is 0 Å². The van der Waals surface area contributed by atoms with E-state index < -0.39 is 16.0 Å². The summed E-state index contributed by atoms with van der Waals surface area (Å²) in [5, 5.41) is 9.77. The van der Waals surface area contributed by atoms with Gasteiger partial charge in [0.2, 0.25) is 0 Å². The second-order valence-corrected chi connectivity index (χ2v) is 7.66. The Morgan fingerprint density at radius 3 is 2.36 bits per heavy atom. The van der Waals surface area contributed by atoms with E-state index in [4.69, 9.17) is 5.11 Å². The average Bonchev–Trinajstić information content (AvgIpc) is 2.95. The van der Waals surface area contributed by atoms with Gasteiger partial charge in [-0.3, -0.25) is 0 Å². The van der Waals surface area contributed by atoms with Gasteiger partial charge in [-0.25, -0.2) is 17.2 Å². The highest BCUT2D eigenvalue weighted by Gasteiger charge is 2.20. The molecule has 0 fully saturated rings. The van der Waals surface area contributed by atoms with E-state index >= 15 is 0 Å². The summed E-state index contributed by atoms with van der Waals surface area (Å²) in [6.45, 7) is 3.36. The van der Waals surface area contributed by atoms with Crippen LogP contribution in [0.4, 0.5) is 0 Å². The Balaban J connectivity index is 2.25. The first-order chi connectivity index (χ1) is 11.8. The van der Waals surface area contributed by atoms with E-state index in [9.17, 15) is 13.2 Å². The van der Waals surface area contributed by atoms with Crippen molar-refractivity contribution in [2.75, 3.05) is 0 Å². The number of carboxylic acids is 1. The summed E-state index contributed by atoms with van der Waals surface area (Å²) in [5.41, 5.74) is 2.16. The molecule has 6 heteroatoms. The zero-order valence-electron chi connectivity index (χ0n) is 13.8. The minimum absolute atomic E-state index is 0.135. The predicted octanol–water partition coefficient (Wildman–Crippen LogP) is 3.67. The maximum atomic E-state index is 13.0. The first-order valence-electron chi connectivity index (χ1n) is 7.64. The van der Waals surface area contributed by atoms with Crippen LogP contribution in [-0.2, 0) is 14.8 Å². The van der Waals surface area contributed by atoms with E-state index in [2.05, 4.69) is 0 Å². The SMILES string of the molecule is C/C(=C\c1cn(S(=O)(=O)c2ccc(C)cc2)c2ccccc12)C(=O)O. The van der Waals surface area contributed by atoms with Crippen LogP contribution < -0.4 is 0 Å². The zero-order valence-corrected chi connectivity index (χ0v) is 14.6. The molecule has 0 bridgehead atoms. The van der Waals surface area contributed by atoms with Crippen LogP contribution in [0.1, 0.15) is 18.1 Å². The standard InChI is InChI=1S/C19H17NO4S/c1-13-7-9-16(10-8-13)25(23,24)20-12-15(11-14(2)19(21)22)17-5-3-4-6-18(17)20/h3-12H,1-2H3,(H,21,22)/b14-11+. The Kier molecular flexibility index (Phi) is 4.22. The third kappa shape index (κ3) is 3.08. The van der Waals surface area contributed by atoms with Crippen LogP contribution in [0.5, 0.6) is 0 Å². The van der Waals surface area contributed by atoms with Gasteiger partial charge >= 0.3 is 5.97 Å². The Morgan fingerprint density at radius 2 is 1.72 bits per heavy atom. The first-order valence-corrected chi connectivity index (χ1v) is 9.08. The molecule has 1 N–H and O–H groups in total. The van der Waals surface area contributed by atoms with Crippen molar-refractivity contribution < 1.29 is 18.3 Å². The lowest BCUT2D eigenvalue weighted by Crippen LogP contribution is -2.11. The molecule has 25 heavy (non-hydrogen) atoms. The minimum Gasteiger partial charge on any atom is -0.478 e. The molecular formula is C19H17NO4S. The van der Waals surface area contributed by atoms with Gasteiger partial charge in [0.1, 0.15) is 0 Å². The Hall–Kier alpha value is -2.86. The molecule has 0 unspecified atom stereocenters. The highest BCUT2D eigenvalue weighted by Crippen LogP contribution is 2.27. The van der Waals surface area contributed by atoms with Gasteiger partial charge in [-0.2, -0.15) is 0 Å².